The van der Waals surface area contributed by atoms with Crippen molar-refractivity contribution in [2.45, 2.75) is 6.54 Å². The van der Waals surface area contributed by atoms with E-state index in [0.29, 0.717) is 0 Å². The Bertz CT molecular complexity index is 391. The average Bonchev–Trinajstić information content (AvgIpc) is 2.37. The first-order chi connectivity index (χ1) is 9.54. The van der Waals surface area contributed by atoms with Crippen LogP contribution in [0.3, 0.4) is 0 Å². The van der Waals surface area contributed by atoms with Crippen molar-refractivity contribution in [3.63, 3.8) is 0 Å². The molecule has 0 aromatic heterocycles. The quantitative estimate of drug-likeness (QED) is 0.636. The summed E-state index contributed by atoms with van der Waals surface area (Å²) in [5.41, 5.74) is 1.19. The van der Waals surface area contributed by atoms with Gasteiger partial charge < -0.3 is 19.7 Å². The van der Waals surface area contributed by atoms with Crippen LogP contribution >= 0.6 is 31.9 Å². The maximum atomic E-state index is 5.52. The number of hydrogen-bond acceptors (Lipinski definition) is 4. The normalized spacial score (nSPS) is 11.1. The van der Waals surface area contributed by atoms with Crippen molar-refractivity contribution in [2.24, 2.45) is 0 Å². The van der Waals surface area contributed by atoms with E-state index in [2.05, 4.69) is 54.2 Å². The zero-order valence-electron chi connectivity index (χ0n) is 12.2. The third kappa shape index (κ3) is 6.54. The molecule has 0 aliphatic carbocycles. The maximum Gasteiger partial charge on any atom is 0.147 e. The summed E-state index contributed by atoms with van der Waals surface area (Å²) in [5, 5.41) is 3.36. The first kappa shape index (κ1) is 17.9. The molecule has 0 unspecified atom stereocenters. The monoisotopic (exact) mass is 408 g/mol. The van der Waals surface area contributed by atoms with E-state index in [0.717, 1.165) is 47.5 Å². The number of methoxy groups -OCH3 is 1. The van der Waals surface area contributed by atoms with E-state index >= 15 is 0 Å². The van der Waals surface area contributed by atoms with Crippen LogP contribution in [0.5, 0.6) is 5.75 Å². The molecule has 6 heteroatoms. The van der Waals surface area contributed by atoms with Crippen LogP contribution < -0.4 is 10.1 Å². The maximum absolute atomic E-state index is 5.52. The minimum atomic E-state index is 0.729. The molecular weight excluding hydrogens is 388 g/mol. The lowest BCUT2D eigenvalue weighted by atomic mass is 10.2. The van der Waals surface area contributed by atoms with Crippen LogP contribution in [0.15, 0.2) is 21.1 Å². The number of nitrogens with zero attached hydrogens (tertiary/aromatic N) is 1. The smallest absolute Gasteiger partial charge is 0.147 e. The van der Waals surface area contributed by atoms with Crippen molar-refractivity contribution in [3.8, 4) is 5.75 Å². The lowest BCUT2D eigenvalue weighted by molar-refractivity contribution is 0.119. The second-order valence-electron chi connectivity index (χ2n) is 4.69. The number of ether oxygens (including phenoxy) is 2. The third-order valence-electron chi connectivity index (χ3n) is 2.70. The van der Waals surface area contributed by atoms with Gasteiger partial charge in [0.1, 0.15) is 5.75 Å². The third-order valence-corrected chi connectivity index (χ3v) is 3.88. The Hall–Kier alpha value is -0.140. The van der Waals surface area contributed by atoms with Crippen LogP contribution in [0.1, 0.15) is 5.56 Å². The molecule has 114 valence electrons. The SMILES string of the molecule is COc1c(Br)cc(CNCCOCCN(C)C)cc1Br. The highest BCUT2D eigenvalue weighted by Crippen LogP contribution is 2.34. The van der Waals surface area contributed by atoms with Gasteiger partial charge in [0, 0.05) is 19.6 Å². The Morgan fingerprint density at radius 3 is 2.35 bits per heavy atom. The van der Waals surface area contributed by atoms with E-state index in [9.17, 15) is 0 Å². The molecule has 1 aromatic rings. The molecule has 1 aromatic carbocycles. The highest BCUT2D eigenvalue weighted by Gasteiger charge is 2.07. The highest BCUT2D eigenvalue weighted by molar-refractivity contribution is 9.11. The minimum Gasteiger partial charge on any atom is -0.494 e. The average molecular weight is 410 g/mol. The van der Waals surface area contributed by atoms with Crippen molar-refractivity contribution >= 4 is 31.9 Å². The van der Waals surface area contributed by atoms with Crippen molar-refractivity contribution in [1.29, 1.82) is 0 Å². The number of hydrogen-bond donors (Lipinski definition) is 1. The Morgan fingerprint density at radius 1 is 1.15 bits per heavy atom. The first-order valence-corrected chi connectivity index (χ1v) is 8.08. The predicted octanol–water partition coefficient (Wildman–Crippen LogP) is 2.89. The fourth-order valence-electron chi connectivity index (χ4n) is 1.64. The summed E-state index contributed by atoms with van der Waals surface area (Å²) < 4.78 is 12.7. The van der Waals surface area contributed by atoms with Gasteiger partial charge in [0.25, 0.3) is 0 Å². The van der Waals surface area contributed by atoms with Gasteiger partial charge in [-0.1, -0.05) is 0 Å². The van der Waals surface area contributed by atoms with Crippen molar-refractivity contribution in [1.82, 2.24) is 10.2 Å². The van der Waals surface area contributed by atoms with Gasteiger partial charge in [0.2, 0.25) is 0 Å². The standard InChI is InChI=1S/C14H22Br2N2O2/c1-18(2)5-7-20-6-4-17-10-11-8-12(15)14(19-3)13(16)9-11/h8-9,17H,4-7,10H2,1-3H3. The molecule has 0 fully saturated rings. The van der Waals surface area contributed by atoms with Crippen molar-refractivity contribution < 1.29 is 9.47 Å². The van der Waals surface area contributed by atoms with E-state index in [-0.39, 0.29) is 0 Å². The molecule has 1 rings (SSSR count). The van der Waals surface area contributed by atoms with E-state index in [1.807, 2.05) is 14.1 Å². The molecule has 0 saturated heterocycles. The number of benzene rings is 1. The van der Waals surface area contributed by atoms with Crippen LogP contribution in [0.4, 0.5) is 0 Å². The second-order valence-corrected chi connectivity index (χ2v) is 6.39. The van der Waals surface area contributed by atoms with E-state index in [1.54, 1.807) is 7.11 Å². The van der Waals surface area contributed by atoms with Gasteiger partial charge in [-0.05, 0) is 63.7 Å². The van der Waals surface area contributed by atoms with Crippen LogP contribution in [0.2, 0.25) is 0 Å². The minimum absolute atomic E-state index is 0.729. The Balaban J connectivity index is 2.26. The van der Waals surface area contributed by atoms with Gasteiger partial charge in [0.05, 0.1) is 29.3 Å². The zero-order chi connectivity index (χ0) is 15.0. The number of halogens is 2. The summed E-state index contributed by atoms with van der Waals surface area (Å²) >= 11 is 7.01. The molecule has 4 nitrogen and oxygen atoms in total. The molecule has 20 heavy (non-hydrogen) atoms. The summed E-state index contributed by atoms with van der Waals surface area (Å²) in [4.78, 5) is 2.11. The molecule has 1 N–H and O–H groups in total. The number of likely N-dealkylation sites (N-methyl/N-ethyl adjacent to an activating group) is 1. The summed E-state index contributed by atoms with van der Waals surface area (Å²) in [6, 6.07) is 4.12. The van der Waals surface area contributed by atoms with Gasteiger partial charge in [-0.25, -0.2) is 0 Å². The van der Waals surface area contributed by atoms with Crippen LogP contribution in [0.25, 0.3) is 0 Å². The molecule has 0 bridgehead atoms. The molecule has 0 atom stereocenters. The summed E-state index contributed by atoms with van der Waals surface area (Å²) in [6.07, 6.45) is 0. The molecule has 0 aliphatic heterocycles. The fourth-order valence-corrected chi connectivity index (χ4v) is 3.24. The van der Waals surface area contributed by atoms with E-state index in [4.69, 9.17) is 9.47 Å². The Labute approximate surface area is 138 Å². The summed E-state index contributed by atoms with van der Waals surface area (Å²) in [7, 11) is 5.75. The summed E-state index contributed by atoms with van der Waals surface area (Å²) in [6.45, 7) is 4.10. The van der Waals surface area contributed by atoms with Gasteiger partial charge >= 0.3 is 0 Å². The topological polar surface area (TPSA) is 33.7 Å². The molecule has 0 aliphatic rings. The Morgan fingerprint density at radius 2 is 1.80 bits per heavy atom. The summed E-state index contributed by atoms with van der Waals surface area (Å²) in [5.74, 6) is 0.820. The van der Waals surface area contributed by atoms with Gasteiger partial charge in [-0.3, -0.25) is 0 Å². The van der Waals surface area contributed by atoms with Crippen LogP contribution in [-0.2, 0) is 11.3 Å². The first-order valence-electron chi connectivity index (χ1n) is 6.49. The number of nitrogens with one attached hydrogen (secondary N) is 1. The van der Waals surface area contributed by atoms with Crippen molar-refractivity contribution in [3.05, 3.63) is 26.6 Å². The molecule has 0 radical (unpaired) electrons. The van der Waals surface area contributed by atoms with Crippen LogP contribution in [-0.4, -0.2) is 52.4 Å². The van der Waals surface area contributed by atoms with Gasteiger partial charge in [0.15, 0.2) is 0 Å². The lowest BCUT2D eigenvalue weighted by Crippen LogP contribution is -2.23. The molecule has 0 amide bonds. The van der Waals surface area contributed by atoms with Gasteiger partial charge in [-0.15, -0.1) is 0 Å². The lowest BCUT2D eigenvalue weighted by Gasteiger charge is -2.11. The molecule has 0 spiro atoms. The fraction of sp³-hybridized carbons (Fsp3) is 0.571. The number of rotatable bonds is 9. The van der Waals surface area contributed by atoms with E-state index in [1.165, 1.54) is 5.56 Å². The second kappa shape index (κ2) is 9.73. The van der Waals surface area contributed by atoms with E-state index < -0.39 is 0 Å². The zero-order valence-corrected chi connectivity index (χ0v) is 15.4. The largest absolute Gasteiger partial charge is 0.494 e. The molecule has 0 saturated carbocycles. The van der Waals surface area contributed by atoms with Crippen molar-refractivity contribution in [2.75, 3.05) is 47.5 Å². The molecular formula is C14H22Br2N2O2. The van der Waals surface area contributed by atoms with Gasteiger partial charge in [-0.2, -0.15) is 0 Å². The molecule has 0 heterocycles. The van der Waals surface area contributed by atoms with Crippen LogP contribution in [0, 0.1) is 0 Å². The highest BCUT2D eigenvalue weighted by atomic mass is 79.9. The Kier molecular flexibility index (Phi) is 8.72. The predicted molar refractivity (Wildman–Crippen MR) is 89.5 cm³/mol.